The number of halogens is 1. The van der Waals surface area contributed by atoms with Crippen LogP contribution in [0.25, 0.3) is 0 Å². The maximum atomic E-state index is 12.2. The number of nitrogens with zero attached hydrogens (tertiary/aromatic N) is 2. The van der Waals surface area contributed by atoms with Crippen LogP contribution in [0.15, 0.2) is 10.6 Å². The number of amides is 3. The van der Waals surface area contributed by atoms with Crippen molar-refractivity contribution in [2.45, 2.75) is 44.9 Å². The van der Waals surface area contributed by atoms with E-state index in [9.17, 15) is 24.3 Å². The summed E-state index contributed by atoms with van der Waals surface area (Å²) in [5.41, 5.74) is -0.776. The Morgan fingerprint density at radius 2 is 1.96 bits per heavy atom. The summed E-state index contributed by atoms with van der Waals surface area (Å²) in [6.45, 7) is 4.94. The van der Waals surface area contributed by atoms with Crippen LogP contribution >= 0.6 is 15.9 Å². The number of hydrogen-bond acceptors (Lipinski definition) is 5. The summed E-state index contributed by atoms with van der Waals surface area (Å²) in [4.78, 5) is 49.5. The average Bonchev–Trinajstić information content (AvgIpc) is 2.90. The molecule has 0 aromatic carbocycles. The largest absolute Gasteiger partial charge is 0.480 e. The Labute approximate surface area is 141 Å². The fraction of sp³-hybridized carbons (Fsp3) is 0.571. The molecular weight excluding hydrogens is 372 g/mol. The summed E-state index contributed by atoms with van der Waals surface area (Å²) in [5, 5.41) is 9.32. The third-order valence-electron chi connectivity index (χ3n) is 3.47. The van der Waals surface area contributed by atoms with Gasteiger partial charge in [-0.05, 0) is 36.7 Å². The second-order valence-electron chi connectivity index (χ2n) is 6.38. The third-order valence-corrected chi connectivity index (χ3v) is 4.04. The van der Waals surface area contributed by atoms with Crippen molar-refractivity contribution in [3.63, 3.8) is 0 Å². The fourth-order valence-corrected chi connectivity index (χ4v) is 2.94. The molecule has 0 aromatic heterocycles. The SMILES string of the molecule is CC(C)(C)OC(=O)N1C[C@@H](N2C(=O)C=C(Br)C2=O)C[C@H]1C(=O)O. The predicted molar refractivity (Wildman–Crippen MR) is 81.6 cm³/mol. The van der Waals surface area contributed by atoms with E-state index in [1.54, 1.807) is 20.8 Å². The molecule has 2 rings (SSSR count). The molecule has 0 radical (unpaired) electrons. The molecule has 0 unspecified atom stereocenters. The van der Waals surface area contributed by atoms with E-state index in [1.165, 1.54) is 0 Å². The fourth-order valence-electron chi connectivity index (χ4n) is 2.56. The van der Waals surface area contributed by atoms with Crippen molar-refractivity contribution >= 4 is 39.8 Å². The summed E-state index contributed by atoms with van der Waals surface area (Å²) < 4.78 is 5.32. The molecule has 0 bridgehead atoms. The van der Waals surface area contributed by atoms with Gasteiger partial charge >= 0.3 is 12.1 Å². The van der Waals surface area contributed by atoms with Gasteiger partial charge in [0, 0.05) is 19.0 Å². The minimum Gasteiger partial charge on any atom is -0.480 e. The molecule has 3 amide bonds. The lowest BCUT2D eigenvalue weighted by Gasteiger charge is -2.27. The molecule has 0 aromatic rings. The highest BCUT2D eigenvalue weighted by Gasteiger charge is 2.47. The van der Waals surface area contributed by atoms with Crippen molar-refractivity contribution in [3.8, 4) is 0 Å². The van der Waals surface area contributed by atoms with Crippen molar-refractivity contribution in [2.24, 2.45) is 0 Å². The van der Waals surface area contributed by atoms with E-state index in [1.807, 2.05) is 0 Å². The number of imide groups is 1. The summed E-state index contributed by atoms with van der Waals surface area (Å²) in [7, 11) is 0. The first-order chi connectivity index (χ1) is 10.5. The molecule has 23 heavy (non-hydrogen) atoms. The predicted octanol–water partition coefficient (Wildman–Crippen LogP) is 1.10. The molecule has 1 N–H and O–H groups in total. The van der Waals surface area contributed by atoms with Gasteiger partial charge in [-0.25, -0.2) is 9.59 Å². The van der Waals surface area contributed by atoms with Gasteiger partial charge in [0.15, 0.2) is 0 Å². The van der Waals surface area contributed by atoms with Gasteiger partial charge in [0.1, 0.15) is 11.6 Å². The molecule has 0 aliphatic carbocycles. The zero-order valence-electron chi connectivity index (χ0n) is 12.9. The molecule has 0 spiro atoms. The van der Waals surface area contributed by atoms with Gasteiger partial charge in [0.05, 0.1) is 10.5 Å². The minimum absolute atomic E-state index is 0.0276. The van der Waals surface area contributed by atoms with Crippen molar-refractivity contribution in [1.29, 1.82) is 0 Å². The maximum absolute atomic E-state index is 12.2. The second-order valence-corrected chi connectivity index (χ2v) is 7.24. The second kappa shape index (κ2) is 5.95. The lowest BCUT2D eigenvalue weighted by atomic mass is 10.1. The Hall–Kier alpha value is -1.90. The van der Waals surface area contributed by atoms with Crippen LogP contribution in [-0.4, -0.2) is 63.0 Å². The Balaban J connectivity index is 2.19. The van der Waals surface area contributed by atoms with Crippen molar-refractivity contribution in [3.05, 3.63) is 10.6 Å². The monoisotopic (exact) mass is 388 g/mol. The van der Waals surface area contributed by atoms with E-state index >= 15 is 0 Å². The lowest BCUT2D eigenvalue weighted by molar-refractivity contribution is -0.143. The molecule has 0 saturated carbocycles. The van der Waals surface area contributed by atoms with Gasteiger partial charge in [-0.15, -0.1) is 0 Å². The van der Waals surface area contributed by atoms with Gasteiger partial charge in [-0.1, -0.05) is 0 Å². The third kappa shape index (κ3) is 3.54. The number of rotatable bonds is 2. The maximum Gasteiger partial charge on any atom is 0.411 e. The van der Waals surface area contributed by atoms with Crippen LogP contribution in [0.3, 0.4) is 0 Å². The van der Waals surface area contributed by atoms with Crippen molar-refractivity contribution in [2.75, 3.05) is 6.54 Å². The van der Waals surface area contributed by atoms with Gasteiger partial charge < -0.3 is 9.84 Å². The van der Waals surface area contributed by atoms with Crippen molar-refractivity contribution < 1.29 is 29.0 Å². The molecule has 1 fully saturated rings. The van der Waals surface area contributed by atoms with Crippen LogP contribution in [0.2, 0.25) is 0 Å². The molecule has 2 aliphatic heterocycles. The topological polar surface area (TPSA) is 104 Å². The number of aliphatic carboxylic acids is 1. The first-order valence-corrected chi connectivity index (χ1v) is 7.77. The first kappa shape index (κ1) is 17.5. The van der Waals surface area contributed by atoms with Crippen LogP contribution in [0.1, 0.15) is 27.2 Å². The van der Waals surface area contributed by atoms with E-state index in [-0.39, 0.29) is 17.4 Å². The Morgan fingerprint density at radius 1 is 1.35 bits per heavy atom. The number of carboxylic acid groups (broad SMARTS) is 1. The Morgan fingerprint density at radius 3 is 2.39 bits per heavy atom. The van der Waals surface area contributed by atoms with Gasteiger partial charge in [-0.2, -0.15) is 0 Å². The van der Waals surface area contributed by atoms with E-state index in [4.69, 9.17) is 4.74 Å². The van der Waals surface area contributed by atoms with Crippen molar-refractivity contribution in [1.82, 2.24) is 9.80 Å². The zero-order chi connectivity index (χ0) is 17.5. The van der Waals surface area contributed by atoms with Gasteiger partial charge in [-0.3, -0.25) is 19.4 Å². The van der Waals surface area contributed by atoms with Gasteiger partial charge in [0.2, 0.25) is 0 Å². The molecular formula is C14H17BrN2O6. The molecule has 2 atom stereocenters. The highest BCUT2D eigenvalue weighted by molar-refractivity contribution is 9.12. The van der Waals surface area contributed by atoms with Crippen LogP contribution in [0.5, 0.6) is 0 Å². The molecule has 2 heterocycles. The number of ether oxygens (including phenoxy) is 1. The van der Waals surface area contributed by atoms with E-state index in [0.29, 0.717) is 0 Å². The summed E-state index contributed by atoms with van der Waals surface area (Å²) in [5.74, 6) is -2.26. The van der Waals surface area contributed by atoms with Crippen LogP contribution in [0.4, 0.5) is 4.79 Å². The first-order valence-electron chi connectivity index (χ1n) is 6.98. The Bertz CT molecular complexity index is 609. The Kier molecular flexibility index (Phi) is 4.52. The summed E-state index contributed by atoms with van der Waals surface area (Å²) in [6.07, 6.45) is 0.326. The summed E-state index contributed by atoms with van der Waals surface area (Å²) in [6, 6.07) is -1.84. The highest BCUT2D eigenvalue weighted by Crippen LogP contribution is 2.29. The summed E-state index contributed by atoms with van der Waals surface area (Å²) >= 11 is 2.99. The normalized spacial score (nSPS) is 25.0. The zero-order valence-corrected chi connectivity index (χ0v) is 14.5. The number of carbonyl (C=O) groups excluding carboxylic acids is 3. The number of carboxylic acids is 1. The number of likely N-dealkylation sites (tertiary alicyclic amines) is 1. The smallest absolute Gasteiger partial charge is 0.411 e. The molecule has 9 heteroatoms. The van der Waals surface area contributed by atoms with Gasteiger partial charge in [0.25, 0.3) is 11.8 Å². The number of hydrogen-bond donors (Lipinski definition) is 1. The molecule has 2 aliphatic rings. The molecule has 1 saturated heterocycles. The van der Waals surface area contributed by atoms with Crippen LogP contribution < -0.4 is 0 Å². The van der Waals surface area contributed by atoms with E-state index in [0.717, 1.165) is 15.9 Å². The standard InChI is InChI=1S/C14H17BrN2O6/c1-14(2,3)23-13(22)16-6-7(4-9(16)12(20)21)17-10(18)5-8(15)11(17)19/h5,7,9H,4,6H2,1-3H3,(H,20,21)/t7-,9-/m0/s1. The lowest BCUT2D eigenvalue weighted by Crippen LogP contribution is -2.45. The molecule has 8 nitrogen and oxygen atoms in total. The number of carbonyl (C=O) groups is 4. The quantitative estimate of drug-likeness (QED) is 0.710. The highest BCUT2D eigenvalue weighted by atomic mass is 79.9. The minimum atomic E-state index is -1.20. The van der Waals surface area contributed by atoms with E-state index < -0.39 is 41.6 Å². The van der Waals surface area contributed by atoms with Crippen LogP contribution in [0, 0.1) is 0 Å². The molecule has 126 valence electrons. The van der Waals surface area contributed by atoms with Crippen LogP contribution in [-0.2, 0) is 19.1 Å². The average molecular weight is 389 g/mol. The van der Waals surface area contributed by atoms with E-state index in [2.05, 4.69) is 15.9 Å².